The quantitative estimate of drug-likeness (QED) is 0.272. The number of carbonyl (C=O) groups is 1. The van der Waals surface area contributed by atoms with Gasteiger partial charge in [-0.3, -0.25) is 4.79 Å². The highest BCUT2D eigenvalue weighted by atomic mass is 16.7. The van der Waals surface area contributed by atoms with E-state index in [4.69, 9.17) is 14.2 Å². The van der Waals surface area contributed by atoms with Gasteiger partial charge in [0.15, 0.2) is 11.6 Å². The molecule has 0 aromatic rings. The molecule has 240 valence electrons. The highest BCUT2D eigenvalue weighted by Crippen LogP contribution is 2.55. The highest BCUT2D eigenvalue weighted by molar-refractivity contribution is 5.84. The van der Waals surface area contributed by atoms with E-state index in [2.05, 4.69) is 6.92 Å². The first kappa shape index (κ1) is 34.9. The Bertz CT molecular complexity index is 912. The zero-order valence-corrected chi connectivity index (χ0v) is 27.5. The second-order valence-electron chi connectivity index (χ2n) is 14.4. The van der Waals surface area contributed by atoms with Gasteiger partial charge in [-0.2, -0.15) is 0 Å². The molecule has 3 heterocycles. The molecule has 0 unspecified atom stereocenters. The largest absolute Gasteiger partial charge is 0.392 e. The van der Waals surface area contributed by atoms with E-state index in [1.165, 1.54) is 0 Å². The third-order valence-electron chi connectivity index (χ3n) is 11.6. The predicted molar refractivity (Wildman–Crippen MR) is 158 cm³/mol. The Morgan fingerprint density at radius 2 is 1.49 bits per heavy atom. The van der Waals surface area contributed by atoms with E-state index in [0.717, 1.165) is 6.42 Å². The van der Waals surface area contributed by atoms with Gasteiger partial charge in [-0.1, -0.05) is 62.3 Å². The predicted octanol–water partition coefficient (Wildman–Crippen LogP) is 4.83. The highest BCUT2D eigenvalue weighted by Gasteiger charge is 2.66. The number of hydrogen-bond acceptors (Lipinski definition) is 8. The number of aliphatic hydroxyl groups is 4. The Kier molecular flexibility index (Phi) is 10.6. The van der Waals surface area contributed by atoms with Crippen molar-refractivity contribution in [2.45, 2.75) is 162 Å². The van der Waals surface area contributed by atoms with E-state index in [1.807, 2.05) is 55.4 Å². The lowest BCUT2D eigenvalue weighted by Gasteiger charge is -2.48. The average Bonchev–Trinajstić information content (AvgIpc) is 3.39. The molecule has 8 nitrogen and oxygen atoms in total. The van der Waals surface area contributed by atoms with E-state index < -0.39 is 52.9 Å². The molecule has 41 heavy (non-hydrogen) atoms. The Hall–Kier alpha value is -0.610. The standard InChI is InChI=1S/C33H60O8/c1-12-25(27(36)22(8)26(35)23(9)28-18(4)15-20(6)32(37,14-3)40-28)29-19(5)16-30(11,39-29)33(38)21(7)17-31(13-2,41-33)24(10)34/h18-26,28-29,34-35,37-38H,12-17H2,1-11H3/t18-,19-,20+,21+,22-,23-,24-,25+,26+,28-,29-,30-,31+,32-,33+/m0/s1. The van der Waals surface area contributed by atoms with E-state index in [0.29, 0.717) is 32.1 Å². The van der Waals surface area contributed by atoms with Gasteiger partial charge in [-0.05, 0) is 64.2 Å². The van der Waals surface area contributed by atoms with Gasteiger partial charge >= 0.3 is 0 Å². The molecule has 0 aliphatic carbocycles. The summed E-state index contributed by atoms with van der Waals surface area (Å²) < 4.78 is 19.2. The number of ketones is 1. The summed E-state index contributed by atoms with van der Waals surface area (Å²) in [5.74, 6) is -4.54. The van der Waals surface area contributed by atoms with Gasteiger partial charge in [-0.25, -0.2) is 0 Å². The van der Waals surface area contributed by atoms with Crippen LogP contribution in [0.25, 0.3) is 0 Å². The maximum absolute atomic E-state index is 14.0. The molecule has 3 rings (SSSR count). The third kappa shape index (κ3) is 5.93. The Morgan fingerprint density at radius 3 is 1.98 bits per heavy atom. The third-order valence-corrected chi connectivity index (χ3v) is 11.6. The molecule has 0 amide bonds. The zero-order valence-electron chi connectivity index (χ0n) is 27.5. The van der Waals surface area contributed by atoms with Crippen LogP contribution in [-0.4, -0.2) is 73.4 Å². The fraction of sp³-hybridized carbons (Fsp3) is 0.970. The van der Waals surface area contributed by atoms with Crippen LogP contribution in [0, 0.1) is 41.4 Å². The molecule has 4 N–H and O–H groups in total. The summed E-state index contributed by atoms with van der Waals surface area (Å²) in [6, 6.07) is 0. The second-order valence-corrected chi connectivity index (χ2v) is 14.4. The van der Waals surface area contributed by atoms with Crippen molar-refractivity contribution < 1.29 is 39.4 Å². The maximum Gasteiger partial charge on any atom is 0.198 e. The minimum atomic E-state index is -1.61. The Balaban J connectivity index is 1.78. The van der Waals surface area contributed by atoms with Crippen molar-refractivity contribution in [1.82, 2.24) is 0 Å². The van der Waals surface area contributed by atoms with Crippen LogP contribution in [-0.2, 0) is 19.0 Å². The van der Waals surface area contributed by atoms with Crippen molar-refractivity contribution >= 4 is 5.78 Å². The zero-order chi connectivity index (χ0) is 31.3. The molecular formula is C33H60O8. The smallest absolute Gasteiger partial charge is 0.198 e. The van der Waals surface area contributed by atoms with Crippen molar-refractivity contribution in [2.75, 3.05) is 0 Å². The molecule has 3 fully saturated rings. The van der Waals surface area contributed by atoms with Gasteiger partial charge in [-0.15, -0.1) is 0 Å². The van der Waals surface area contributed by atoms with Crippen LogP contribution < -0.4 is 0 Å². The molecule has 8 heteroatoms. The van der Waals surface area contributed by atoms with Crippen molar-refractivity contribution in [3.05, 3.63) is 0 Å². The number of hydrogen-bond donors (Lipinski definition) is 4. The van der Waals surface area contributed by atoms with Crippen LogP contribution in [0.5, 0.6) is 0 Å². The van der Waals surface area contributed by atoms with Gasteiger partial charge < -0.3 is 34.6 Å². The minimum Gasteiger partial charge on any atom is -0.392 e. The molecule has 0 saturated carbocycles. The Morgan fingerprint density at radius 1 is 0.878 bits per heavy atom. The molecule has 0 aromatic heterocycles. The number of aliphatic hydroxyl groups excluding tert-OH is 2. The summed E-state index contributed by atoms with van der Waals surface area (Å²) in [4.78, 5) is 14.0. The van der Waals surface area contributed by atoms with E-state index >= 15 is 0 Å². The summed E-state index contributed by atoms with van der Waals surface area (Å²) >= 11 is 0. The second kappa shape index (κ2) is 12.4. The van der Waals surface area contributed by atoms with Crippen LogP contribution in [0.4, 0.5) is 0 Å². The fourth-order valence-corrected chi connectivity index (χ4v) is 8.56. The number of ether oxygens (including phenoxy) is 3. The van der Waals surface area contributed by atoms with Gasteiger partial charge in [0.25, 0.3) is 0 Å². The number of rotatable bonds is 11. The normalized spacial score (nSPS) is 47.1. The Labute approximate surface area is 248 Å². The van der Waals surface area contributed by atoms with Gasteiger partial charge in [0, 0.05) is 29.6 Å². The lowest BCUT2D eigenvalue weighted by molar-refractivity contribution is -0.331. The topological polar surface area (TPSA) is 126 Å². The van der Waals surface area contributed by atoms with Gasteiger partial charge in [0.1, 0.15) is 11.4 Å². The summed E-state index contributed by atoms with van der Waals surface area (Å²) in [6.45, 7) is 21.1. The number of Topliss-reactive ketones (excluding diaryl/α,β-unsaturated/α-hetero) is 1. The first-order valence-corrected chi connectivity index (χ1v) is 16.3. The first-order chi connectivity index (χ1) is 18.9. The monoisotopic (exact) mass is 584 g/mol. The van der Waals surface area contributed by atoms with Crippen LogP contribution >= 0.6 is 0 Å². The number of carbonyl (C=O) groups excluding carboxylic acids is 1. The van der Waals surface area contributed by atoms with Gasteiger partial charge in [0.05, 0.1) is 30.0 Å². The van der Waals surface area contributed by atoms with E-state index in [9.17, 15) is 25.2 Å². The molecule has 3 aliphatic heterocycles. The molecule has 3 saturated heterocycles. The van der Waals surface area contributed by atoms with Crippen LogP contribution in [0.2, 0.25) is 0 Å². The lowest BCUT2D eigenvalue weighted by Crippen LogP contribution is -2.57. The van der Waals surface area contributed by atoms with Gasteiger partial charge in [0.2, 0.25) is 0 Å². The fourth-order valence-electron chi connectivity index (χ4n) is 8.56. The van der Waals surface area contributed by atoms with Crippen molar-refractivity contribution in [2.24, 2.45) is 41.4 Å². The van der Waals surface area contributed by atoms with Crippen LogP contribution in [0.15, 0.2) is 0 Å². The van der Waals surface area contributed by atoms with Crippen molar-refractivity contribution in [3.63, 3.8) is 0 Å². The minimum absolute atomic E-state index is 0.00797. The maximum atomic E-state index is 14.0. The summed E-state index contributed by atoms with van der Waals surface area (Å²) in [5, 5.41) is 45.0. The molecule has 3 aliphatic rings. The van der Waals surface area contributed by atoms with Crippen molar-refractivity contribution in [3.8, 4) is 0 Å². The van der Waals surface area contributed by atoms with Crippen molar-refractivity contribution in [1.29, 1.82) is 0 Å². The first-order valence-electron chi connectivity index (χ1n) is 16.3. The summed E-state index contributed by atoms with van der Waals surface area (Å²) in [7, 11) is 0. The molecular weight excluding hydrogens is 524 g/mol. The van der Waals surface area contributed by atoms with Crippen LogP contribution in [0.3, 0.4) is 0 Å². The van der Waals surface area contributed by atoms with E-state index in [-0.39, 0.29) is 41.5 Å². The molecule has 15 atom stereocenters. The summed E-state index contributed by atoms with van der Waals surface area (Å²) in [6.07, 6.45) is 0.883. The van der Waals surface area contributed by atoms with Crippen LogP contribution in [0.1, 0.15) is 115 Å². The van der Waals surface area contributed by atoms with E-state index in [1.54, 1.807) is 13.8 Å². The average molecular weight is 585 g/mol. The molecule has 0 radical (unpaired) electrons. The molecule has 0 bridgehead atoms. The lowest BCUT2D eigenvalue weighted by atomic mass is 9.73. The molecule has 0 spiro atoms. The molecule has 0 aromatic carbocycles. The summed E-state index contributed by atoms with van der Waals surface area (Å²) in [5.41, 5.74) is -1.91. The SMILES string of the molecule is CC[C@H](C(=O)[C@@H](C)[C@@H](O)[C@H](C)[C@H]1O[C@@](O)(CC)[C@H](C)C[C@@H]1C)[C@H]1O[C@](C)([C@]2(O)O[C@@](CC)([C@H](C)O)C[C@H]2C)C[C@@H]1C.